The van der Waals surface area contributed by atoms with E-state index in [4.69, 9.17) is 8.85 Å². The van der Waals surface area contributed by atoms with Crippen molar-refractivity contribution < 1.29 is 8.85 Å². The molecule has 0 aromatic rings. The molecular formula is C14H26O2Si2. The lowest BCUT2D eigenvalue weighted by atomic mass is 9.71. The SMILES string of the molecule is C[Si](C)(C)OC1=C(O[Si](C)(C)C)C2CC=CCC12. The van der Waals surface area contributed by atoms with Crippen molar-refractivity contribution in [2.45, 2.75) is 52.1 Å². The largest absolute Gasteiger partial charge is 0.545 e. The molecule has 0 amide bonds. The first-order valence-electron chi connectivity index (χ1n) is 6.94. The van der Waals surface area contributed by atoms with Gasteiger partial charge in [-0.2, -0.15) is 0 Å². The zero-order valence-corrected chi connectivity index (χ0v) is 14.5. The summed E-state index contributed by atoms with van der Waals surface area (Å²) in [5.41, 5.74) is 0. The summed E-state index contributed by atoms with van der Waals surface area (Å²) in [5.74, 6) is 3.55. The Bertz CT molecular complexity index is 350. The van der Waals surface area contributed by atoms with Crippen molar-refractivity contribution in [1.29, 1.82) is 0 Å². The van der Waals surface area contributed by atoms with Gasteiger partial charge in [-0.3, -0.25) is 0 Å². The second-order valence-electron chi connectivity index (χ2n) is 7.31. The Morgan fingerprint density at radius 1 is 0.778 bits per heavy atom. The highest BCUT2D eigenvalue weighted by atomic mass is 28.4. The van der Waals surface area contributed by atoms with Gasteiger partial charge in [0, 0.05) is 11.8 Å². The van der Waals surface area contributed by atoms with Gasteiger partial charge in [0.25, 0.3) is 0 Å². The molecule has 0 N–H and O–H groups in total. The highest BCUT2D eigenvalue weighted by Gasteiger charge is 2.46. The van der Waals surface area contributed by atoms with E-state index in [0.29, 0.717) is 11.8 Å². The second kappa shape index (κ2) is 4.56. The Morgan fingerprint density at radius 3 is 1.39 bits per heavy atom. The van der Waals surface area contributed by atoms with Gasteiger partial charge in [-0.25, -0.2) is 0 Å². The summed E-state index contributed by atoms with van der Waals surface area (Å²) in [5, 5.41) is 0. The Hall–Kier alpha value is -0.486. The van der Waals surface area contributed by atoms with Crippen LogP contribution in [0.25, 0.3) is 0 Å². The molecule has 0 fully saturated rings. The van der Waals surface area contributed by atoms with Crippen molar-refractivity contribution in [3.63, 3.8) is 0 Å². The van der Waals surface area contributed by atoms with Crippen LogP contribution in [0.1, 0.15) is 12.8 Å². The first kappa shape index (κ1) is 13.9. The van der Waals surface area contributed by atoms with Gasteiger partial charge in [-0.15, -0.1) is 0 Å². The second-order valence-corrected chi connectivity index (χ2v) is 16.2. The number of allylic oxidation sites excluding steroid dienone is 4. The van der Waals surface area contributed by atoms with Crippen LogP contribution in [0.15, 0.2) is 23.7 Å². The smallest absolute Gasteiger partial charge is 0.241 e. The van der Waals surface area contributed by atoms with E-state index in [-0.39, 0.29) is 0 Å². The molecule has 0 aromatic carbocycles. The normalized spacial score (nSPS) is 27.7. The van der Waals surface area contributed by atoms with Crippen LogP contribution in [-0.2, 0) is 8.85 Å². The summed E-state index contributed by atoms with van der Waals surface area (Å²) in [7, 11) is -3.06. The molecule has 0 heterocycles. The van der Waals surface area contributed by atoms with E-state index in [0.717, 1.165) is 12.8 Å². The molecule has 2 atom stereocenters. The lowest BCUT2D eigenvalue weighted by molar-refractivity contribution is 0.143. The fraction of sp³-hybridized carbons (Fsp3) is 0.714. The first-order chi connectivity index (χ1) is 8.17. The van der Waals surface area contributed by atoms with Crippen LogP contribution in [-0.4, -0.2) is 16.6 Å². The number of hydrogen-bond donors (Lipinski definition) is 0. The number of hydrogen-bond acceptors (Lipinski definition) is 2. The first-order valence-corrected chi connectivity index (χ1v) is 13.8. The maximum Gasteiger partial charge on any atom is 0.241 e. The Balaban J connectivity index is 2.20. The molecule has 2 rings (SSSR count). The molecule has 102 valence electrons. The predicted octanol–water partition coefficient (Wildman–Crippen LogP) is 4.50. The minimum Gasteiger partial charge on any atom is -0.545 e. The van der Waals surface area contributed by atoms with Crippen LogP contribution < -0.4 is 0 Å². The average molecular weight is 283 g/mol. The summed E-state index contributed by atoms with van der Waals surface area (Å²) >= 11 is 0. The number of rotatable bonds is 4. The maximum absolute atomic E-state index is 6.28. The minimum atomic E-state index is -1.53. The van der Waals surface area contributed by atoms with Gasteiger partial charge in [-0.1, -0.05) is 12.2 Å². The van der Waals surface area contributed by atoms with Crippen molar-refractivity contribution in [3.8, 4) is 0 Å². The summed E-state index contributed by atoms with van der Waals surface area (Å²) in [6, 6.07) is 0. The van der Waals surface area contributed by atoms with Crippen molar-refractivity contribution >= 4 is 16.6 Å². The fourth-order valence-electron chi connectivity index (χ4n) is 2.57. The fourth-order valence-corrected chi connectivity index (χ4v) is 4.40. The molecule has 0 saturated heterocycles. The molecule has 0 radical (unpaired) electrons. The topological polar surface area (TPSA) is 18.5 Å². The van der Waals surface area contributed by atoms with Gasteiger partial charge in [0.1, 0.15) is 11.5 Å². The highest BCUT2D eigenvalue weighted by molar-refractivity contribution is 6.70. The van der Waals surface area contributed by atoms with Crippen LogP contribution in [0, 0.1) is 11.8 Å². The van der Waals surface area contributed by atoms with Gasteiger partial charge in [-0.05, 0) is 52.1 Å². The molecule has 0 spiro atoms. The third-order valence-electron chi connectivity index (χ3n) is 3.18. The average Bonchev–Trinajstić information content (AvgIpc) is 2.21. The van der Waals surface area contributed by atoms with Crippen LogP contribution in [0.3, 0.4) is 0 Å². The summed E-state index contributed by atoms with van der Waals surface area (Å²) in [6.07, 6.45) is 6.84. The minimum absolute atomic E-state index is 0.591. The Kier molecular flexibility index (Phi) is 3.53. The zero-order chi connectivity index (χ0) is 13.6. The van der Waals surface area contributed by atoms with Crippen molar-refractivity contribution in [2.75, 3.05) is 0 Å². The molecule has 2 aliphatic carbocycles. The van der Waals surface area contributed by atoms with Crippen LogP contribution >= 0.6 is 0 Å². The molecule has 4 heteroatoms. The van der Waals surface area contributed by atoms with Gasteiger partial charge in [0.15, 0.2) is 0 Å². The molecule has 2 unspecified atom stereocenters. The monoisotopic (exact) mass is 282 g/mol. The molecule has 0 saturated carbocycles. The molecule has 0 bridgehead atoms. The van der Waals surface area contributed by atoms with E-state index in [1.165, 1.54) is 11.5 Å². The van der Waals surface area contributed by atoms with E-state index >= 15 is 0 Å². The molecule has 2 nitrogen and oxygen atoms in total. The van der Waals surface area contributed by atoms with E-state index in [1.807, 2.05) is 0 Å². The standard InChI is InChI=1S/C14H26O2Si2/c1-17(2,3)15-13-11-9-7-8-10-12(11)14(13)16-18(4,5)6/h7-8,11-12H,9-10H2,1-6H3. The van der Waals surface area contributed by atoms with Gasteiger partial charge in [0.05, 0.1) is 0 Å². The molecular weight excluding hydrogens is 256 g/mol. The Labute approximate surface area is 113 Å². The van der Waals surface area contributed by atoms with E-state index < -0.39 is 16.6 Å². The third-order valence-corrected chi connectivity index (χ3v) is 4.85. The lowest BCUT2D eigenvalue weighted by Gasteiger charge is -2.46. The molecule has 0 aromatic heterocycles. The van der Waals surface area contributed by atoms with Crippen molar-refractivity contribution in [2.24, 2.45) is 11.8 Å². The molecule has 2 aliphatic rings. The van der Waals surface area contributed by atoms with Crippen LogP contribution in [0.2, 0.25) is 39.3 Å². The van der Waals surface area contributed by atoms with Crippen molar-refractivity contribution in [3.05, 3.63) is 23.7 Å². The van der Waals surface area contributed by atoms with E-state index in [9.17, 15) is 0 Å². The van der Waals surface area contributed by atoms with Gasteiger partial charge in [0.2, 0.25) is 16.6 Å². The van der Waals surface area contributed by atoms with Crippen LogP contribution in [0.4, 0.5) is 0 Å². The summed E-state index contributed by atoms with van der Waals surface area (Å²) < 4.78 is 12.6. The van der Waals surface area contributed by atoms with Gasteiger partial charge < -0.3 is 8.85 Å². The van der Waals surface area contributed by atoms with Crippen LogP contribution in [0.5, 0.6) is 0 Å². The van der Waals surface area contributed by atoms with Gasteiger partial charge >= 0.3 is 0 Å². The van der Waals surface area contributed by atoms with E-state index in [2.05, 4.69) is 51.4 Å². The quantitative estimate of drug-likeness (QED) is 0.558. The number of fused-ring (bicyclic) bond motifs is 1. The zero-order valence-electron chi connectivity index (χ0n) is 12.5. The predicted molar refractivity (Wildman–Crippen MR) is 81.2 cm³/mol. The maximum atomic E-state index is 6.28. The molecule has 18 heavy (non-hydrogen) atoms. The summed E-state index contributed by atoms with van der Waals surface area (Å²) in [6.45, 7) is 13.5. The summed E-state index contributed by atoms with van der Waals surface area (Å²) in [4.78, 5) is 0. The third kappa shape index (κ3) is 3.09. The van der Waals surface area contributed by atoms with Crippen molar-refractivity contribution in [1.82, 2.24) is 0 Å². The lowest BCUT2D eigenvalue weighted by Crippen LogP contribution is -2.42. The Morgan fingerprint density at radius 2 is 1.11 bits per heavy atom. The van der Waals surface area contributed by atoms with E-state index in [1.54, 1.807) is 0 Å². The highest BCUT2D eigenvalue weighted by Crippen LogP contribution is 2.50. The molecule has 0 aliphatic heterocycles.